The maximum atomic E-state index is 13.0. The Kier molecular flexibility index (Phi) is 5.29. The molecule has 0 spiro atoms. The Labute approximate surface area is 163 Å². The molecular weight excluding hydrogens is 382 g/mol. The second-order valence-corrected chi connectivity index (χ2v) is 10.00. The number of aryl methyl sites for hydroxylation is 2. The monoisotopic (exact) mass is 405 g/mol. The number of aromatic nitrogens is 1. The van der Waals surface area contributed by atoms with Gasteiger partial charge in [0.2, 0.25) is 15.9 Å². The van der Waals surface area contributed by atoms with E-state index in [0.717, 1.165) is 44.2 Å². The minimum Gasteiger partial charge on any atom is -0.301 e. The summed E-state index contributed by atoms with van der Waals surface area (Å²) in [5.74, 6) is -0.277. The van der Waals surface area contributed by atoms with Crippen LogP contribution in [-0.2, 0) is 27.7 Å². The third-order valence-corrected chi connectivity index (χ3v) is 8.18. The molecule has 4 rings (SSSR count). The lowest BCUT2D eigenvalue weighted by Crippen LogP contribution is -2.49. The van der Waals surface area contributed by atoms with Crippen molar-refractivity contribution in [3.05, 3.63) is 40.9 Å². The standard InChI is InChI=1S/C19H23N3O3S2/c23-18(21-19-20-15-10-4-5-12-17(15)26-19)16-11-6-7-13-22(16)27(24,25)14-8-2-1-3-9-14/h1-3,8-9,16H,4-7,10-13H2,(H,20,21,23). The van der Waals surface area contributed by atoms with Crippen LogP contribution < -0.4 is 5.32 Å². The van der Waals surface area contributed by atoms with Crippen molar-refractivity contribution in [2.45, 2.75) is 55.9 Å². The molecular formula is C19H23N3O3S2. The number of anilines is 1. The summed E-state index contributed by atoms with van der Waals surface area (Å²) >= 11 is 1.52. The summed E-state index contributed by atoms with van der Waals surface area (Å²) in [4.78, 5) is 18.9. The number of hydrogen-bond donors (Lipinski definition) is 1. The van der Waals surface area contributed by atoms with Gasteiger partial charge < -0.3 is 5.32 Å². The van der Waals surface area contributed by atoms with Crippen molar-refractivity contribution in [3.8, 4) is 0 Å². The van der Waals surface area contributed by atoms with E-state index in [-0.39, 0.29) is 10.8 Å². The topological polar surface area (TPSA) is 79.4 Å². The van der Waals surface area contributed by atoms with E-state index >= 15 is 0 Å². The van der Waals surface area contributed by atoms with Crippen molar-refractivity contribution in [1.29, 1.82) is 0 Å². The first-order valence-electron chi connectivity index (χ1n) is 9.42. The molecule has 0 saturated carbocycles. The lowest BCUT2D eigenvalue weighted by molar-refractivity contribution is -0.120. The first-order chi connectivity index (χ1) is 13.1. The van der Waals surface area contributed by atoms with Crippen LogP contribution in [0.2, 0.25) is 0 Å². The molecule has 2 aromatic rings. The van der Waals surface area contributed by atoms with Gasteiger partial charge in [-0.15, -0.1) is 11.3 Å². The van der Waals surface area contributed by atoms with Crippen molar-refractivity contribution in [2.24, 2.45) is 0 Å². The largest absolute Gasteiger partial charge is 0.301 e. The molecule has 1 fully saturated rings. The maximum absolute atomic E-state index is 13.0. The average Bonchev–Trinajstić information content (AvgIpc) is 3.11. The van der Waals surface area contributed by atoms with Gasteiger partial charge in [0.25, 0.3) is 0 Å². The molecule has 1 amide bonds. The molecule has 1 saturated heterocycles. The van der Waals surface area contributed by atoms with E-state index in [1.807, 2.05) is 0 Å². The number of piperidine rings is 1. The zero-order chi connectivity index (χ0) is 18.9. The van der Waals surface area contributed by atoms with Gasteiger partial charge in [-0.2, -0.15) is 4.31 Å². The van der Waals surface area contributed by atoms with Gasteiger partial charge in [-0.25, -0.2) is 13.4 Å². The van der Waals surface area contributed by atoms with Crippen LogP contribution in [0.15, 0.2) is 35.2 Å². The van der Waals surface area contributed by atoms with Gasteiger partial charge in [-0.1, -0.05) is 24.6 Å². The predicted octanol–water partition coefficient (Wildman–Crippen LogP) is 3.20. The normalized spacial score (nSPS) is 20.8. The maximum Gasteiger partial charge on any atom is 0.244 e. The molecule has 2 heterocycles. The third kappa shape index (κ3) is 3.79. The molecule has 1 N–H and O–H groups in total. The minimum absolute atomic E-state index is 0.231. The van der Waals surface area contributed by atoms with Crippen LogP contribution in [0, 0.1) is 0 Å². The van der Waals surface area contributed by atoms with E-state index in [4.69, 9.17) is 0 Å². The number of carbonyl (C=O) groups excluding carboxylic acids is 1. The molecule has 1 unspecified atom stereocenters. The van der Waals surface area contributed by atoms with E-state index in [1.165, 1.54) is 20.5 Å². The Hall–Kier alpha value is -1.77. The van der Waals surface area contributed by atoms with E-state index in [0.29, 0.717) is 18.1 Å². The van der Waals surface area contributed by atoms with Gasteiger partial charge in [0.1, 0.15) is 6.04 Å². The fraction of sp³-hybridized carbons (Fsp3) is 0.474. The van der Waals surface area contributed by atoms with Crippen LogP contribution in [0.25, 0.3) is 0 Å². The van der Waals surface area contributed by atoms with Crippen molar-refractivity contribution in [2.75, 3.05) is 11.9 Å². The molecule has 1 atom stereocenters. The zero-order valence-electron chi connectivity index (χ0n) is 15.1. The molecule has 1 aliphatic heterocycles. The highest BCUT2D eigenvalue weighted by Gasteiger charge is 2.38. The number of sulfonamides is 1. The van der Waals surface area contributed by atoms with Crippen LogP contribution in [0.3, 0.4) is 0 Å². The predicted molar refractivity (Wildman–Crippen MR) is 105 cm³/mol. The molecule has 8 heteroatoms. The van der Waals surface area contributed by atoms with Crippen LogP contribution in [0.4, 0.5) is 5.13 Å². The van der Waals surface area contributed by atoms with Crippen molar-refractivity contribution in [1.82, 2.24) is 9.29 Å². The summed E-state index contributed by atoms with van der Waals surface area (Å²) < 4.78 is 27.4. The SMILES string of the molecule is O=C(Nc1nc2c(s1)CCCC2)C1CCCCN1S(=O)(=O)c1ccccc1. The number of nitrogens with one attached hydrogen (secondary N) is 1. The molecule has 0 bridgehead atoms. The van der Waals surface area contributed by atoms with E-state index in [1.54, 1.807) is 30.3 Å². The molecule has 6 nitrogen and oxygen atoms in total. The number of rotatable bonds is 4. The van der Waals surface area contributed by atoms with E-state index < -0.39 is 16.1 Å². The number of thiazole rings is 1. The van der Waals surface area contributed by atoms with Crippen LogP contribution in [0.1, 0.15) is 42.7 Å². The molecule has 144 valence electrons. The van der Waals surface area contributed by atoms with Crippen molar-refractivity contribution < 1.29 is 13.2 Å². The lowest BCUT2D eigenvalue weighted by Gasteiger charge is -2.33. The van der Waals surface area contributed by atoms with Gasteiger partial charge in [0, 0.05) is 11.4 Å². The number of amides is 1. The number of carbonyl (C=O) groups is 1. The lowest BCUT2D eigenvalue weighted by atomic mass is 10.0. The molecule has 2 aliphatic rings. The second kappa shape index (κ2) is 7.69. The van der Waals surface area contributed by atoms with Crippen molar-refractivity contribution in [3.63, 3.8) is 0 Å². The van der Waals surface area contributed by atoms with Crippen LogP contribution in [0.5, 0.6) is 0 Å². The van der Waals surface area contributed by atoms with Gasteiger partial charge in [0.15, 0.2) is 5.13 Å². The van der Waals surface area contributed by atoms with Gasteiger partial charge in [-0.05, 0) is 50.7 Å². The Morgan fingerprint density at radius 1 is 1.11 bits per heavy atom. The molecule has 1 aliphatic carbocycles. The third-order valence-electron chi connectivity index (χ3n) is 5.18. The summed E-state index contributed by atoms with van der Waals surface area (Å²) in [7, 11) is -3.70. The average molecular weight is 406 g/mol. The highest BCUT2D eigenvalue weighted by Crippen LogP contribution is 2.31. The molecule has 27 heavy (non-hydrogen) atoms. The smallest absolute Gasteiger partial charge is 0.244 e. The summed E-state index contributed by atoms with van der Waals surface area (Å²) in [6.07, 6.45) is 6.41. The summed E-state index contributed by atoms with van der Waals surface area (Å²) in [5.41, 5.74) is 1.08. The Balaban J connectivity index is 1.55. The Morgan fingerprint density at radius 2 is 1.89 bits per heavy atom. The first kappa shape index (κ1) is 18.6. The van der Waals surface area contributed by atoms with Crippen molar-refractivity contribution >= 4 is 32.4 Å². The number of fused-ring (bicyclic) bond motifs is 1. The van der Waals surface area contributed by atoms with Crippen LogP contribution >= 0.6 is 11.3 Å². The van der Waals surface area contributed by atoms with Gasteiger partial charge in [0.05, 0.1) is 10.6 Å². The fourth-order valence-corrected chi connectivity index (χ4v) is 6.51. The highest BCUT2D eigenvalue weighted by molar-refractivity contribution is 7.89. The number of benzene rings is 1. The summed E-state index contributed by atoms with van der Waals surface area (Å²) in [6, 6.07) is 7.65. The fourth-order valence-electron chi connectivity index (χ4n) is 3.78. The number of hydrogen-bond acceptors (Lipinski definition) is 5. The molecule has 1 aromatic carbocycles. The van der Waals surface area contributed by atoms with Gasteiger partial charge >= 0.3 is 0 Å². The van der Waals surface area contributed by atoms with Crippen LogP contribution in [-0.4, -0.2) is 36.2 Å². The molecule has 1 aromatic heterocycles. The minimum atomic E-state index is -3.70. The summed E-state index contributed by atoms with van der Waals surface area (Å²) in [6.45, 7) is 0.365. The quantitative estimate of drug-likeness (QED) is 0.847. The van der Waals surface area contributed by atoms with E-state index in [9.17, 15) is 13.2 Å². The number of nitrogens with zero attached hydrogens (tertiary/aromatic N) is 2. The Morgan fingerprint density at radius 3 is 2.67 bits per heavy atom. The highest BCUT2D eigenvalue weighted by atomic mass is 32.2. The Bertz CT molecular complexity index is 901. The van der Waals surface area contributed by atoms with Gasteiger partial charge in [-0.3, -0.25) is 4.79 Å². The van der Waals surface area contributed by atoms with E-state index in [2.05, 4.69) is 10.3 Å². The second-order valence-electron chi connectivity index (χ2n) is 7.03. The first-order valence-corrected chi connectivity index (χ1v) is 11.7. The zero-order valence-corrected chi connectivity index (χ0v) is 16.7. The summed E-state index contributed by atoms with van der Waals surface area (Å²) in [5, 5.41) is 3.48. The molecule has 0 radical (unpaired) electrons.